The van der Waals surface area contributed by atoms with Crippen LogP contribution in [0.2, 0.25) is 0 Å². The van der Waals surface area contributed by atoms with Crippen molar-refractivity contribution in [1.82, 2.24) is 20.9 Å². The first kappa shape index (κ1) is 35.0. The second kappa shape index (κ2) is 12.9. The number of hydrogen-bond donors (Lipinski definition) is 4. The maximum Gasteiger partial charge on any atom is 1.00 e. The van der Waals surface area contributed by atoms with E-state index in [2.05, 4.69) is 10.6 Å². The third kappa shape index (κ3) is 7.25. The minimum atomic E-state index is -5.32. The molecule has 4 aliphatic rings. The van der Waals surface area contributed by atoms with Gasteiger partial charge in [-0.05, 0) is 48.9 Å². The predicted molar refractivity (Wildman–Crippen MR) is 134 cm³/mol. The number of nitrogens with one attached hydrogen (secondary N) is 3. The molecular formula is C25H36F3N4NaO8S. The minimum absolute atomic E-state index is 0. The number of rotatable bonds is 9. The van der Waals surface area contributed by atoms with E-state index in [0.29, 0.717) is 32.2 Å². The van der Waals surface area contributed by atoms with Crippen molar-refractivity contribution in [3.8, 4) is 0 Å². The average molecular weight is 633 g/mol. The van der Waals surface area contributed by atoms with Gasteiger partial charge in [-0.25, -0.2) is 8.42 Å². The molecule has 0 aromatic heterocycles. The number of amides is 4. The molecule has 0 spiro atoms. The molecule has 17 heteroatoms. The number of alkyl halides is 3. The van der Waals surface area contributed by atoms with Crippen molar-refractivity contribution in [2.45, 2.75) is 88.5 Å². The zero-order chi connectivity index (χ0) is 30.5. The second-order valence-electron chi connectivity index (χ2n) is 12.2. The molecule has 0 aromatic carbocycles. The molecule has 7 atom stereocenters. The SMILES string of the molecule is CC1(C)[C@@H]2[C@@H](C(=O)N[C@@H](C[C@@H]3CCNC3=O)C(O)S(=O)(=O)[O-])N(C(=O)[C@@H](NC(=O)C(F)(F)F)C3CCCCC3)C[C@@H]21.[Na+]. The van der Waals surface area contributed by atoms with E-state index >= 15 is 0 Å². The van der Waals surface area contributed by atoms with Crippen molar-refractivity contribution in [1.29, 1.82) is 0 Å². The van der Waals surface area contributed by atoms with Gasteiger partial charge in [0, 0.05) is 19.0 Å². The van der Waals surface area contributed by atoms with E-state index in [1.54, 1.807) is 0 Å². The van der Waals surface area contributed by atoms with Crippen molar-refractivity contribution in [2.75, 3.05) is 13.1 Å². The number of hydrogen-bond acceptors (Lipinski definition) is 8. The quantitative estimate of drug-likeness (QED) is 0.153. The zero-order valence-corrected chi connectivity index (χ0v) is 26.6. The molecule has 12 nitrogen and oxygen atoms in total. The van der Waals surface area contributed by atoms with E-state index in [1.807, 2.05) is 19.2 Å². The zero-order valence-electron chi connectivity index (χ0n) is 23.8. The molecule has 4 rings (SSSR count). The largest absolute Gasteiger partial charge is 1.00 e. The molecule has 42 heavy (non-hydrogen) atoms. The van der Waals surface area contributed by atoms with E-state index in [9.17, 15) is 50.4 Å². The molecule has 2 heterocycles. The number of piperidine rings is 1. The summed E-state index contributed by atoms with van der Waals surface area (Å²) in [6.45, 7) is 4.02. The number of likely N-dealkylation sites (tertiary alicyclic amines) is 1. The maximum absolute atomic E-state index is 13.8. The van der Waals surface area contributed by atoms with Crippen molar-refractivity contribution in [3.05, 3.63) is 0 Å². The van der Waals surface area contributed by atoms with Gasteiger partial charge in [-0.15, -0.1) is 0 Å². The van der Waals surface area contributed by atoms with Crippen LogP contribution in [-0.2, 0) is 29.3 Å². The molecule has 0 radical (unpaired) electrons. The van der Waals surface area contributed by atoms with Crippen LogP contribution in [0.4, 0.5) is 13.2 Å². The summed E-state index contributed by atoms with van der Waals surface area (Å²) in [6.07, 6.45) is -2.31. The van der Waals surface area contributed by atoms with E-state index in [1.165, 1.54) is 0 Å². The number of carbonyl (C=O) groups is 4. The Morgan fingerprint density at radius 2 is 1.76 bits per heavy atom. The van der Waals surface area contributed by atoms with Crippen molar-refractivity contribution >= 4 is 33.7 Å². The molecule has 2 saturated heterocycles. The van der Waals surface area contributed by atoms with Gasteiger partial charge >= 0.3 is 41.6 Å². The van der Waals surface area contributed by atoms with Crippen LogP contribution in [0.25, 0.3) is 0 Å². The summed E-state index contributed by atoms with van der Waals surface area (Å²) in [6, 6.07) is -4.44. The van der Waals surface area contributed by atoms with Gasteiger partial charge in [0.2, 0.25) is 17.7 Å². The molecule has 1 unspecified atom stereocenters. The van der Waals surface area contributed by atoms with Gasteiger partial charge in [0.1, 0.15) is 22.2 Å². The standard InChI is InChI=1S/C25H37F3N4O8S.Na/c1-24(2)14-11-32(21(35)17(12-6-4-3-5-7-12)31-23(37)25(26,27)28)18(16(14)24)20(34)30-15(22(36)41(38,39)40)10-13-8-9-29-19(13)33;/h12-18,22,36H,3-11H2,1-2H3,(H,29,33)(H,30,34)(H,31,37)(H,38,39,40);/q;+1/p-1/t13-,14-,15-,16-,17-,18-,22?;/m0./s1. The Morgan fingerprint density at radius 1 is 1.14 bits per heavy atom. The Morgan fingerprint density at radius 3 is 2.29 bits per heavy atom. The first-order valence-corrected chi connectivity index (χ1v) is 15.3. The monoisotopic (exact) mass is 632 g/mol. The molecule has 4 N–H and O–H groups in total. The summed E-state index contributed by atoms with van der Waals surface area (Å²) in [7, 11) is -5.32. The van der Waals surface area contributed by atoms with Crippen LogP contribution in [0.1, 0.15) is 58.8 Å². The van der Waals surface area contributed by atoms with E-state index in [-0.39, 0.29) is 54.9 Å². The first-order chi connectivity index (χ1) is 18.9. The second-order valence-corrected chi connectivity index (χ2v) is 13.7. The smallest absolute Gasteiger partial charge is 0.746 e. The third-order valence-corrected chi connectivity index (χ3v) is 10.3. The van der Waals surface area contributed by atoms with E-state index < -0.39 is 86.7 Å². The molecule has 0 bridgehead atoms. The summed E-state index contributed by atoms with van der Waals surface area (Å²) in [4.78, 5) is 52.6. The van der Waals surface area contributed by atoms with E-state index in [0.717, 1.165) is 11.3 Å². The Hall–Kier alpha value is -1.46. The molecule has 2 aliphatic carbocycles. The molecule has 232 valence electrons. The number of carbonyl (C=O) groups excluding carboxylic acids is 4. The van der Waals surface area contributed by atoms with Crippen LogP contribution in [0.5, 0.6) is 0 Å². The van der Waals surface area contributed by atoms with Crippen LogP contribution < -0.4 is 45.5 Å². The predicted octanol–water partition coefficient (Wildman–Crippen LogP) is -3.02. The van der Waals surface area contributed by atoms with Crippen molar-refractivity contribution in [3.63, 3.8) is 0 Å². The Bertz CT molecular complexity index is 1180. The number of nitrogens with zero attached hydrogens (tertiary/aromatic N) is 1. The number of aliphatic hydroxyl groups excluding tert-OH is 1. The van der Waals surface area contributed by atoms with Crippen molar-refractivity contribution < 1.29 is 80.0 Å². The number of fused-ring (bicyclic) bond motifs is 1. The molecule has 2 saturated carbocycles. The van der Waals surface area contributed by atoms with Gasteiger partial charge in [0.05, 0.1) is 6.04 Å². The van der Waals surface area contributed by atoms with Gasteiger partial charge in [0.25, 0.3) is 0 Å². The van der Waals surface area contributed by atoms with Crippen LogP contribution in [0.3, 0.4) is 0 Å². The topological polar surface area (TPSA) is 185 Å². The summed E-state index contributed by atoms with van der Waals surface area (Å²) in [5.74, 6) is -6.42. The van der Waals surface area contributed by atoms with Crippen molar-refractivity contribution in [2.24, 2.45) is 29.1 Å². The molecule has 2 aliphatic heterocycles. The molecule has 4 fully saturated rings. The van der Waals surface area contributed by atoms with Gasteiger partial charge < -0.3 is 30.5 Å². The Kier molecular flexibility index (Phi) is 10.7. The number of halogens is 3. The van der Waals surface area contributed by atoms with E-state index in [4.69, 9.17) is 0 Å². The van der Waals surface area contributed by atoms with Gasteiger partial charge in [-0.1, -0.05) is 33.1 Å². The Labute approximate surface area is 264 Å². The summed E-state index contributed by atoms with van der Waals surface area (Å²) in [5, 5.41) is 17.1. The summed E-state index contributed by atoms with van der Waals surface area (Å²) < 4.78 is 74.5. The fraction of sp³-hybridized carbons (Fsp3) is 0.840. The number of aliphatic hydroxyl groups is 1. The third-order valence-electron chi connectivity index (χ3n) is 9.36. The molecule has 4 amide bonds. The summed E-state index contributed by atoms with van der Waals surface area (Å²) >= 11 is 0. The molecule has 0 aromatic rings. The van der Waals surface area contributed by atoms with Crippen LogP contribution >= 0.6 is 0 Å². The fourth-order valence-electron chi connectivity index (χ4n) is 6.96. The normalized spacial score (nSPS) is 29.4. The van der Waals surface area contributed by atoms with Crippen LogP contribution in [0.15, 0.2) is 0 Å². The fourth-order valence-corrected chi connectivity index (χ4v) is 7.54. The maximum atomic E-state index is 13.8. The Balaban J connectivity index is 0.00000484. The minimum Gasteiger partial charge on any atom is -0.746 e. The average Bonchev–Trinajstić information content (AvgIpc) is 3.23. The molecular weight excluding hydrogens is 596 g/mol. The van der Waals surface area contributed by atoms with Gasteiger partial charge in [0.15, 0.2) is 5.44 Å². The first-order valence-electron chi connectivity index (χ1n) is 13.8. The van der Waals surface area contributed by atoms with Gasteiger partial charge in [-0.2, -0.15) is 13.2 Å². The summed E-state index contributed by atoms with van der Waals surface area (Å²) in [5.41, 5.74) is -3.01. The van der Waals surface area contributed by atoms with Gasteiger partial charge in [-0.3, -0.25) is 19.2 Å². The van der Waals surface area contributed by atoms with Crippen LogP contribution in [-0.4, -0.2) is 89.4 Å². The van der Waals surface area contributed by atoms with Crippen LogP contribution in [0, 0.1) is 29.1 Å².